The number of alkyl halides is 3. The third kappa shape index (κ3) is 5.90. The molecule has 1 aliphatic rings. The number of carbonyl (C=O) groups is 1. The molecule has 196 valence electrons. The van der Waals surface area contributed by atoms with Crippen LogP contribution in [0.3, 0.4) is 0 Å². The second kappa shape index (κ2) is 10.7. The Labute approximate surface area is 217 Å². The molecule has 1 fully saturated rings. The number of pyridine rings is 1. The Morgan fingerprint density at radius 3 is 2.55 bits per heavy atom. The second-order valence-electron chi connectivity index (χ2n) is 9.15. The maximum absolute atomic E-state index is 13.9. The number of amides is 1. The van der Waals surface area contributed by atoms with E-state index in [1.807, 2.05) is 11.9 Å². The van der Waals surface area contributed by atoms with Gasteiger partial charge in [0.25, 0.3) is 11.8 Å². The van der Waals surface area contributed by atoms with Crippen molar-refractivity contribution in [3.8, 4) is 22.8 Å². The van der Waals surface area contributed by atoms with Gasteiger partial charge in [0.1, 0.15) is 0 Å². The Bertz CT molecular complexity index is 1420. The molecule has 0 bridgehead atoms. The fourth-order valence-electron chi connectivity index (χ4n) is 4.25. The van der Waals surface area contributed by atoms with Crippen LogP contribution in [0.5, 0.6) is 0 Å². The quantitative estimate of drug-likeness (QED) is 0.389. The zero-order chi connectivity index (χ0) is 26.7. The summed E-state index contributed by atoms with van der Waals surface area (Å²) in [4.78, 5) is 25.5. The van der Waals surface area contributed by atoms with Crippen LogP contribution in [0.2, 0.25) is 0 Å². The van der Waals surface area contributed by atoms with Gasteiger partial charge in [-0.25, -0.2) is 0 Å². The van der Waals surface area contributed by atoms with E-state index < -0.39 is 17.6 Å². The van der Waals surface area contributed by atoms with Gasteiger partial charge in [-0.2, -0.15) is 18.2 Å². The van der Waals surface area contributed by atoms with Gasteiger partial charge in [0, 0.05) is 67.5 Å². The summed E-state index contributed by atoms with van der Waals surface area (Å²) < 4.78 is 47.1. The molecule has 0 saturated carbocycles. The number of aromatic nitrogens is 3. The molecule has 5 rings (SSSR count). The molecule has 1 saturated heterocycles. The number of rotatable bonds is 6. The van der Waals surface area contributed by atoms with Crippen LogP contribution in [0.25, 0.3) is 22.8 Å². The number of nitrogens with one attached hydrogen (secondary N) is 1. The van der Waals surface area contributed by atoms with Crippen LogP contribution in [-0.4, -0.2) is 64.1 Å². The van der Waals surface area contributed by atoms with E-state index in [1.165, 1.54) is 12.1 Å². The summed E-state index contributed by atoms with van der Waals surface area (Å²) in [6, 6.07) is 13.9. The van der Waals surface area contributed by atoms with Crippen molar-refractivity contribution in [1.29, 1.82) is 0 Å². The van der Waals surface area contributed by atoms with Gasteiger partial charge in [-0.15, -0.1) is 0 Å². The molecule has 0 aliphatic carbocycles. The normalized spacial score (nSPS) is 14.9. The zero-order valence-electron chi connectivity index (χ0n) is 20.6. The van der Waals surface area contributed by atoms with Crippen LogP contribution in [-0.2, 0) is 12.7 Å². The predicted molar refractivity (Wildman–Crippen MR) is 135 cm³/mol. The fraction of sp³-hybridized carbons (Fsp3) is 0.259. The van der Waals surface area contributed by atoms with Crippen molar-refractivity contribution in [3.63, 3.8) is 0 Å². The minimum Gasteiger partial charge on any atom is -0.334 e. The molecule has 38 heavy (non-hydrogen) atoms. The van der Waals surface area contributed by atoms with Crippen molar-refractivity contribution in [2.24, 2.45) is 0 Å². The summed E-state index contributed by atoms with van der Waals surface area (Å²) in [6.45, 7) is 3.22. The van der Waals surface area contributed by atoms with Crippen LogP contribution < -0.4 is 5.32 Å². The van der Waals surface area contributed by atoms with Crippen molar-refractivity contribution in [1.82, 2.24) is 24.9 Å². The summed E-state index contributed by atoms with van der Waals surface area (Å²) in [6.07, 6.45) is -1.32. The molecule has 8 nitrogen and oxygen atoms in total. The summed E-state index contributed by atoms with van der Waals surface area (Å²) in [7, 11) is 1.99. The average molecular weight is 523 g/mol. The number of halogens is 3. The molecule has 0 atom stereocenters. The monoisotopic (exact) mass is 522 g/mol. The molecule has 2 aromatic heterocycles. The van der Waals surface area contributed by atoms with E-state index in [1.54, 1.807) is 48.8 Å². The lowest BCUT2D eigenvalue weighted by atomic mass is 10.0. The van der Waals surface area contributed by atoms with Gasteiger partial charge in [-0.05, 0) is 55.1 Å². The van der Waals surface area contributed by atoms with E-state index in [0.717, 1.165) is 19.2 Å². The summed E-state index contributed by atoms with van der Waals surface area (Å²) >= 11 is 0. The van der Waals surface area contributed by atoms with Gasteiger partial charge < -0.3 is 14.7 Å². The molecule has 0 spiro atoms. The number of likely N-dealkylation sites (N-methyl/N-ethyl adjacent to an activating group) is 1. The van der Waals surface area contributed by atoms with Gasteiger partial charge in [0.2, 0.25) is 5.82 Å². The first-order valence-electron chi connectivity index (χ1n) is 12.0. The van der Waals surface area contributed by atoms with Crippen molar-refractivity contribution < 1.29 is 22.5 Å². The average Bonchev–Trinajstić information content (AvgIpc) is 3.41. The SMILES string of the molecule is CN1CCN(Cc2ccc(NC(=O)c3cccc(-c4nc(-c5cccnc5)no4)c3)cc2C(F)(F)F)CC1. The minimum atomic E-state index is -4.55. The van der Waals surface area contributed by atoms with E-state index in [0.29, 0.717) is 30.0 Å². The Balaban J connectivity index is 1.33. The summed E-state index contributed by atoms with van der Waals surface area (Å²) in [5, 5.41) is 6.54. The van der Waals surface area contributed by atoms with E-state index in [-0.39, 0.29) is 29.2 Å². The molecule has 1 N–H and O–H groups in total. The number of hydrogen-bond acceptors (Lipinski definition) is 7. The number of benzene rings is 2. The van der Waals surface area contributed by atoms with Crippen molar-refractivity contribution in [3.05, 3.63) is 83.7 Å². The highest BCUT2D eigenvalue weighted by Crippen LogP contribution is 2.35. The van der Waals surface area contributed by atoms with Gasteiger partial charge >= 0.3 is 6.18 Å². The van der Waals surface area contributed by atoms with Gasteiger partial charge in [-0.1, -0.05) is 17.3 Å². The first-order valence-corrected chi connectivity index (χ1v) is 12.0. The van der Waals surface area contributed by atoms with Crippen LogP contribution in [0.1, 0.15) is 21.5 Å². The topological polar surface area (TPSA) is 87.4 Å². The molecular formula is C27H25F3N6O2. The Hall–Kier alpha value is -4.09. The summed E-state index contributed by atoms with van der Waals surface area (Å²) in [5.41, 5.74) is 0.900. The lowest BCUT2D eigenvalue weighted by molar-refractivity contribution is -0.138. The Morgan fingerprint density at radius 1 is 1.03 bits per heavy atom. The van der Waals surface area contributed by atoms with Crippen LogP contribution in [0.4, 0.5) is 18.9 Å². The molecule has 4 aromatic rings. The molecular weight excluding hydrogens is 497 g/mol. The maximum Gasteiger partial charge on any atom is 0.416 e. The van der Waals surface area contributed by atoms with Gasteiger partial charge in [-0.3, -0.25) is 14.7 Å². The lowest BCUT2D eigenvalue weighted by Gasteiger charge is -2.33. The molecule has 11 heteroatoms. The molecule has 3 heterocycles. The highest BCUT2D eigenvalue weighted by molar-refractivity contribution is 6.04. The van der Waals surface area contributed by atoms with Crippen LogP contribution >= 0.6 is 0 Å². The number of nitrogens with zero attached hydrogens (tertiary/aromatic N) is 5. The standard InChI is InChI=1S/C27H25F3N6O2/c1-35-10-12-36(13-11-35)17-21-7-8-22(15-23(21)27(28,29)30)32-25(37)18-4-2-5-19(14-18)26-33-24(34-38-26)20-6-3-9-31-16-20/h2-9,14-16H,10-13,17H2,1H3,(H,32,37). The number of piperazine rings is 1. The first-order chi connectivity index (χ1) is 18.3. The number of anilines is 1. The van der Waals surface area contributed by atoms with Crippen LogP contribution in [0, 0.1) is 0 Å². The molecule has 0 unspecified atom stereocenters. The highest BCUT2D eigenvalue weighted by atomic mass is 19.4. The predicted octanol–water partition coefficient (Wildman–Crippen LogP) is 4.82. The lowest BCUT2D eigenvalue weighted by Crippen LogP contribution is -2.44. The molecule has 2 aromatic carbocycles. The smallest absolute Gasteiger partial charge is 0.334 e. The van der Waals surface area contributed by atoms with Gasteiger partial charge in [0.05, 0.1) is 5.56 Å². The van der Waals surface area contributed by atoms with E-state index in [2.05, 4.69) is 25.3 Å². The van der Waals surface area contributed by atoms with E-state index in [4.69, 9.17) is 4.52 Å². The summed E-state index contributed by atoms with van der Waals surface area (Å²) in [5.74, 6) is -0.00999. The van der Waals surface area contributed by atoms with Crippen molar-refractivity contribution in [2.75, 3.05) is 38.5 Å². The van der Waals surface area contributed by atoms with Crippen molar-refractivity contribution in [2.45, 2.75) is 12.7 Å². The number of carbonyl (C=O) groups excluding carboxylic acids is 1. The Morgan fingerprint density at radius 2 is 1.82 bits per heavy atom. The third-order valence-electron chi connectivity index (χ3n) is 6.38. The van der Waals surface area contributed by atoms with Crippen molar-refractivity contribution >= 4 is 11.6 Å². The highest BCUT2D eigenvalue weighted by Gasteiger charge is 2.34. The third-order valence-corrected chi connectivity index (χ3v) is 6.38. The van der Waals surface area contributed by atoms with E-state index in [9.17, 15) is 18.0 Å². The van der Waals surface area contributed by atoms with E-state index >= 15 is 0 Å². The zero-order valence-corrected chi connectivity index (χ0v) is 20.6. The molecule has 1 aliphatic heterocycles. The van der Waals surface area contributed by atoms with Crippen LogP contribution in [0.15, 0.2) is 71.5 Å². The fourth-order valence-corrected chi connectivity index (χ4v) is 4.25. The second-order valence-corrected chi connectivity index (χ2v) is 9.15. The maximum atomic E-state index is 13.9. The number of hydrogen-bond donors (Lipinski definition) is 1. The molecule has 0 radical (unpaired) electrons. The molecule has 1 amide bonds. The first kappa shape index (κ1) is 25.6. The Kier molecular flexibility index (Phi) is 7.21. The largest absolute Gasteiger partial charge is 0.416 e. The van der Waals surface area contributed by atoms with Gasteiger partial charge in [0.15, 0.2) is 0 Å². The minimum absolute atomic E-state index is 0.0616.